The quantitative estimate of drug-likeness (QED) is 0.717. The second kappa shape index (κ2) is 4.23. The monoisotopic (exact) mass is 337 g/mol. The molecule has 100 valence electrons. The van der Waals surface area contributed by atoms with Gasteiger partial charge in [-0.1, -0.05) is 0 Å². The number of alkyl halides is 2. The lowest BCUT2D eigenvalue weighted by Crippen LogP contribution is -2.47. The third-order valence-corrected chi connectivity index (χ3v) is 5.66. The van der Waals surface area contributed by atoms with Crippen molar-refractivity contribution >= 4 is 27.3 Å². The zero-order valence-corrected chi connectivity index (χ0v) is 12.4. The van der Waals surface area contributed by atoms with E-state index >= 15 is 0 Å². The van der Waals surface area contributed by atoms with E-state index < -0.39 is 18.1 Å². The number of ether oxygens (including phenoxy) is 1. The van der Waals surface area contributed by atoms with Crippen LogP contribution in [0.3, 0.4) is 0 Å². The Morgan fingerprint density at radius 1 is 1.39 bits per heavy atom. The van der Waals surface area contributed by atoms with Crippen molar-refractivity contribution in [3.8, 4) is 0 Å². The molecule has 0 amide bonds. The van der Waals surface area contributed by atoms with E-state index in [0.717, 1.165) is 34.6 Å². The molecular formula is C12H14BrF2NOS. The molecule has 1 fully saturated rings. The first-order valence-electron chi connectivity index (χ1n) is 5.94. The lowest BCUT2D eigenvalue weighted by molar-refractivity contribution is -0.180. The smallest absolute Gasteiger partial charge is 0.297 e. The van der Waals surface area contributed by atoms with E-state index in [1.165, 1.54) is 11.3 Å². The first-order valence-corrected chi connectivity index (χ1v) is 7.55. The van der Waals surface area contributed by atoms with Crippen molar-refractivity contribution < 1.29 is 13.5 Å². The topological polar surface area (TPSA) is 12.5 Å². The second-order valence-corrected chi connectivity index (χ2v) is 7.52. The summed E-state index contributed by atoms with van der Waals surface area (Å²) in [6.07, 6.45) is 1.58. The van der Waals surface area contributed by atoms with Gasteiger partial charge in [0.15, 0.2) is 0 Å². The van der Waals surface area contributed by atoms with Crippen LogP contribution in [-0.4, -0.2) is 31.6 Å². The van der Waals surface area contributed by atoms with Crippen molar-refractivity contribution in [2.24, 2.45) is 0 Å². The third-order valence-electron chi connectivity index (χ3n) is 3.83. The minimum atomic E-state index is -2.85. The molecule has 0 N–H and O–H groups in total. The van der Waals surface area contributed by atoms with Gasteiger partial charge < -0.3 is 9.64 Å². The van der Waals surface area contributed by atoms with Gasteiger partial charge in [0.2, 0.25) is 0 Å². The Kier molecular flexibility index (Phi) is 3.05. The lowest BCUT2D eigenvalue weighted by Gasteiger charge is -2.44. The molecule has 3 heterocycles. The molecule has 0 saturated carbocycles. The molecule has 1 aromatic heterocycles. The number of fused-ring (bicyclic) bond motifs is 2. The van der Waals surface area contributed by atoms with E-state index in [4.69, 9.17) is 4.74 Å². The van der Waals surface area contributed by atoms with E-state index in [9.17, 15) is 8.78 Å². The molecular weight excluding hydrogens is 324 g/mol. The van der Waals surface area contributed by atoms with Gasteiger partial charge in [0.25, 0.3) is 5.92 Å². The molecule has 1 spiro atoms. The average molecular weight is 338 g/mol. The fraction of sp³-hybridized carbons (Fsp3) is 0.667. The maximum absolute atomic E-state index is 13.9. The zero-order chi connectivity index (χ0) is 13.0. The molecule has 18 heavy (non-hydrogen) atoms. The SMILES string of the molecule is CN1CCC2(CC1)OCC(F)(F)c1cc(Br)sc12. The Morgan fingerprint density at radius 2 is 2.06 bits per heavy atom. The van der Waals surface area contributed by atoms with Crippen LogP contribution in [0.2, 0.25) is 0 Å². The van der Waals surface area contributed by atoms with E-state index in [-0.39, 0.29) is 5.56 Å². The molecule has 0 bridgehead atoms. The van der Waals surface area contributed by atoms with Crippen molar-refractivity contribution in [2.45, 2.75) is 24.4 Å². The lowest BCUT2D eigenvalue weighted by atomic mass is 9.84. The molecule has 2 aliphatic heterocycles. The Morgan fingerprint density at radius 3 is 2.72 bits per heavy atom. The summed E-state index contributed by atoms with van der Waals surface area (Å²) in [6.45, 7) is 1.29. The number of hydrogen-bond acceptors (Lipinski definition) is 3. The minimum absolute atomic E-state index is 0.162. The maximum atomic E-state index is 13.9. The van der Waals surface area contributed by atoms with Gasteiger partial charge >= 0.3 is 0 Å². The highest BCUT2D eigenvalue weighted by Gasteiger charge is 2.51. The van der Waals surface area contributed by atoms with Crippen molar-refractivity contribution in [3.63, 3.8) is 0 Å². The first-order chi connectivity index (χ1) is 8.43. The molecule has 1 aromatic rings. The van der Waals surface area contributed by atoms with Crippen LogP contribution in [0.5, 0.6) is 0 Å². The molecule has 2 nitrogen and oxygen atoms in total. The van der Waals surface area contributed by atoms with Crippen molar-refractivity contribution in [1.29, 1.82) is 0 Å². The van der Waals surface area contributed by atoms with Gasteiger partial charge in [0.1, 0.15) is 12.2 Å². The molecule has 6 heteroatoms. The highest BCUT2D eigenvalue weighted by molar-refractivity contribution is 9.11. The molecule has 0 aliphatic carbocycles. The van der Waals surface area contributed by atoms with E-state index in [0.29, 0.717) is 0 Å². The van der Waals surface area contributed by atoms with Crippen LogP contribution in [0.1, 0.15) is 23.3 Å². The number of rotatable bonds is 0. The van der Waals surface area contributed by atoms with Gasteiger partial charge in [-0.25, -0.2) is 0 Å². The largest absolute Gasteiger partial charge is 0.363 e. The third kappa shape index (κ3) is 1.94. The first kappa shape index (κ1) is 13.0. The summed E-state index contributed by atoms with van der Waals surface area (Å²) in [6, 6.07) is 1.56. The predicted octanol–water partition coefficient (Wildman–Crippen LogP) is 3.55. The number of thiophene rings is 1. The van der Waals surface area contributed by atoms with Crippen molar-refractivity contribution in [1.82, 2.24) is 4.90 Å². The molecule has 0 radical (unpaired) electrons. The number of likely N-dealkylation sites (tertiary alicyclic amines) is 1. The van der Waals surface area contributed by atoms with Crippen LogP contribution in [0.4, 0.5) is 8.78 Å². The highest BCUT2D eigenvalue weighted by Crippen LogP contribution is 2.52. The van der Waals surface area contributed by atoms with Crippen LogP contribution >= 0.6 is 27.3 Å². The van der Waals surface area contributed by atoms with Gasteiger partial charge in [-0.15, -0.1) is 11.3 Å². The standard InChI is InChI=1S/C12H14BrF2NOS/c1-16-4-2-11(3-5-16)10-8(6-9(13)18-10)12(14,15)7-17-11/h6H,2-5,7H2,1H3. The predicted molar refractivity (Wildman–Crippen MR) is 70.3 cm³/mol. The van der Waals surface area contributed by atoms with Gasteiger partial charge in [-0.3, -0.25) is 0 Å². The highest BCUT2D eigenvalue weighted by atomic mass is 79.9. The fourth-order valence-corrected chi connectivity index (χ4v) is 4.55. The van der Waals surface area contributed by atoms with E-state index in [2.05, 4.69) is 27.9 Å². The second-order valence-electron chi connectivity index (χ2n) is 5.08. The summed E-state index contributed by atoms with van der Waals surface area (Å²) < 4.78 is 34.1. The Bertz CT molecular complexity index is 469. The summed E-state index contributed by atoms with van der Waals surface area (Å²) in [4.78, 5) is 2.93. The zero-order valence-electron chi connectivity index (χ0n) is 10.0. The molecule has 2 aliphatic rings. The van der Waals surface area contributed by atoms with Crippen molar-refractivity contribution in [3.05, 3.63) is 20.3 Å². The van der Waals surface area contributed by atoms with Crippen LogP contribution in [0.15, 0.2) is 9.85 Å². The Labute approximate surface area is 117 Å². The van der Waals surface area contributed by atoms with Crippen molar-refractivity contribution in [2.75, 3.05) is 26.7 Å². The average Bonchev–Trinajstić information content (AvgIpc) is 2.72. The summed E-state index contributed by atoms with van der Waals surface area (Å²) >= 11 is 4.72. The molecule has 0 aromatic carbocycles. The summed E-state index contributed by atoms with van der Waals surface area (Å²) in [5.41, 5.74) is -0.324. The number of hydrogen-bond donors (Lipinski definition) is 0. The molecule has 0 atom stereocenters. The summed E-state index contributed by atoms with van der Waals surface area (Å²) in [5, 5.41) is 0. The maximum Gasteiger partial charge on any atom is 0.297 e. The summed E-state index contributed by atoms with van der Waals surface area (Å²) in [5.74, 6) is -2.85. The Balaban J connectivity index is 2.04. The fourth-order valence-electron chi connectivity index (χ4n) is 2.69. The van der Waals surface area contributed by atoms with Crippen LogP contribution < -0.4 is 0 Å². The van der Waals surface area contributed by atoms with Gasteiger partial charge in [-0.2, -0.15) is 8.78 Å². The van der Waals surface area contributed by atoms with E-state index in [1.807, 2.05) is 0 Å². The van der Waals surface area contributed by atoms with Gasteiger partial charge in [0.05, 0.1) is 3.79 Å². The normalized spacial score (nSPS) is 26.2. The molecule has 3 rings (SSSR count). The number of piperidine rings is 1. The van der Waals surface area contributed by atoms with Gasteiger partial charge in [-0.05, 0) is 41.9 Å². The van der Waals surface area contributed by atoms with Crippen LogP contribution in [0.25, 0.3) is 0 Å². The van der Waals surface area contributed by atoms with Crippen LogP contribution in [0, 0.1) is 0 Å². The number of halogens is 3. The Hall–Kier alpha value is -0.0400. The minimum Gasteiger partial charge on any atom is -0.363 e. The van der Waals surface area contributed by atoms with Gasteiger partial charge in [0, 0.05) is 23.5 Å². The summed E-state index contributed by atoms with van der Waals surface area (Å²) in [7, 11) is 2.05. The van der Waals surface area contributed by atoms with E-state index in [1.54, 1.807) is 6.07 Å². The molecule has 1 saturated heterocycles. The number of nitrogens with zero attached hydrogens (tertiary/aromatic N) is 1. The van der Waals surface area contributed by atoms with Crippen LogP contribution in [-0.2, 0) is 16.3 Å². The molecule has 0 unspecified atom stereocenters.